The van der Waals surface area contributed by atoms with Crippen molar-refractivity contribution in [3.63, 3.8) is 0 Å². The monoisotopic (exact) mass is 256 g/mol. The molecule has 1 aromatic carbocycles. The first-order valence-corrected chi connectivity index (χ1v) is 6.99. The van der Waals surface area contributed by atoms with Gasteiger partial charge in [-0.2, -0.15) is 0 Å². The molecule has 1 aliphatic carbocycles. The quantitative estimate of drug-likeness (QED) is 0.889. The molecule has 0 amide bonds. The van der Waals surface area contributed by atoms with E-state index in [9.17, 15) is 0 Å². The summed E-state index contributed by atoms with van der Waals surface area (Å²) in [5, 5.41) is 0. The lowest BCUT2D eigenvalue weighted by atomic mass is 9.77. The van der Waals surface area contributed by atoms with Gasteiger partial charge in [0.1, 0.15) is 6.26 Å². The molecule has 2 aromatic rings. The van der Waals surface area contributed by atoms with Crippen LogP contribution in [0.4, 0.5) is 0 Å². The second kappa shape index (κ2) is 4.82. The Morgan fingerprint density at radius 3 is 2.37 bits per heavy atom. The second-order valence-electron chi connectivity index (χ2n) is 5.59. The molecule has 1 heterocycles. The predicted molar refractivity (Wildman–Crippen MR) is 75.6 cm³/mol. The Morgan fingerprint density at radius 1 is 1.11 bits per heavy atom. The largest absolute Gasteiger partial charge is 0.444 e. The molecular formula is C16H20N2O. The molecule has 0 radical (unpaired) electrons. The van der Waals surface area contributed by atoms with Gasteiger partial charge < -0.3 is 10.2 Å². The summed E-state index contributed by atoms with van der Waals surface area (Å²) < 4.78 is 5.42. The van der Waals surface area contributed by atoms with Crippen molar-refractivity contribution in [3.8, 4) is 11.5 Å². The van der Waals surface area contributed by atoms with Gasteiger partial charge in [0.2, 0.25) is 5.89 Å². The summed E-state index contributed by atoms with van der Waals surface area (Å²) in [6, 6.07) is 8.37. The molecule has 3 heteroatoms. The van der Waals surface area contributed by atoms with E-state index in [-0.39, 0.29) is 5.54 Å². The van der Waals surface area contributed by atoms with E-state index in [0.29, 0.717) is 5.89 Å². The van der Waals surface area contributed by atoms with Crippen LogP contribution in [0.5, 0.6) is 0 Å². The van der Waals surface area contributed by atoms with E-state index in [1.54, 1.807) is 6.26 Å². The average Bonchev–Trinajstić information content (AvgIpc) is 2.87. The molecule has 19 heavy (non-hydrogen) atoms. The highest BCUT2D eigenvalue weighted by molar-refractivity contribution is 5.54. The Hall–Kier alpha value is -1.61. The van der Waals surface area contributed by atoms with E-state index in [1.165, 1.54) is 24.8 Å². The maximum atomic E-state index is 6.53. The average molecular weight is 256 g/mol. The van der Waals surface area contributed by atoms with Gasteiger partial charge in [-0.05, 0) is 37.5 Å². The molecule has 0 aliphatic heterocycles. The Balaban J connectivity index is 1.86. The number of hydrogen-bond donors (Lipinski definition) is 1. The predicted octanol–water partition coefficient (Wildman–Crippen LogP) is 3.77. The highest BCUT2D eigenvalue weighted by atomic mass is 16.3. The molecule has 3 nitrogen and oxygen atoms in total. The summed E-state index contributed by atoms with van der Waals surface area (Å²) in [6.45, 7) is 1.93. The van der Waals surface area contributed by atoms with E-state index >= 15 is 0 Å². The van der Waals surface area contributed by atoms with Crippen molar-refractivity contribution >= 4 is 0 Å². The zero-order valence-electron chi connectivity index (χ0n) is 11.4. The number of aryl methyl sites for hydroxylation is 1. The van der Waals surface area contributed by atoms with Crippen LogP contribution in [0, 0.1) is 6.92 Å². The fourth-order valence-electron chi connectivity index (χ4n) is 2.90. The molecule has 2 N–H and O–H groups in total. The van der Waals surface area contributed by atoms with Crippen LogP contribution in [-0.4, -0.2) is 4.98 Å². The molecule has 100 valence electrons. The van der Waals surface area contributed by atoms with Crippen molar-refractivity contribution in [2.45, 2.75) is 44.6 Å². The SMILES string of the molecule is Cc1coc(-c2ccc(C3(N)CCCCC3)cc2)n1. The van der Waals surface area contributed by atoms with Crippen LogP contribution < -0.4 is 5.73 Å². The van der Waals surface area contributed by atoms with E-state index in [0.717, 1.165) is 24.1 Å². The van der Waals surface area contributed by atoms with Crippen LogP contribution in [0.2, 0.25) is 0 Å². The smallest absolute Gasteiger partial charge is 0.226 e. The van der Waals surface area contributed by atoms with Crippen molar-refractivity contribution in [2.24, 2.45) is 5.73 Å². The fourth-order valence-corrected chi connectivity index (χ4v) is 2.90. The number of rotatable bonds is 2. The van der Waals surface area contributed by atoms with Crippen molar-refractivity contribution in [2.75, 3.05) is 0 Å². The van der Waals surface area contributed by atoms with Crippen molar-refractivity contribution in [1.29, 1.82) is 0 Å². The highest BCUT2D eigenvalue weighted by Gasteiger charge is 2.29. The van der Waals surface area contributed by atoms with Gasteiger partial charge in [0.05, 0.1) is 5.69 Å². The van der Waals surface area contributed by atoms with Crippen molar-refractivity contribution < 1.29 is 4.42 Å². The lowest BCUT2D eigenvalue weighted by Gasteiger charge is -2.34. The van der Waals surface area contributed by atoms with Crippen LogP contribution >= 0.6 is 0 Å². The molecule has 0 atom stereocenters. The minimum Gasteiger partial charge on any atom is -0.444 e. The first-order chi connectivity index (χ1) is 9.17. The number of oxazole rings is 1. The summed E-state index contributed by atoms with van der Waals surface area (Å²) in [5.41, 5.74) is 9.55. The van der Waals surface area contributed by atoms with E-state index < -0.39 is 0 Å². The third-order valence-corrected chi connectivity index (χ3v) is 4.07. The van der Waals surface area contributed by atoms with Crippen molar-refractivity contribution in [1.82, 2.24) is 4.98 Å². The van der Waals surface area contributed by atoms with Crippen LogP contribution in [0.15, 0.2) is 34.9 Å². The lowest BCUT2D eigenvalue weighted by Crippen LogP contribution is -2.38. The van der Waals surface area contributed by atoms with E-state index in [2.05, 4.69) is 29.2 Å². The summed E-state index contributed by atoms with van der Waals surface area (Å²) in [4.78, 5) is 4.34. The van der Waals surface area contributed by atoms with Crippen molar-refractivity contribution in [3.05, 3.63) is 41.8 Å². The first kappa shape index (κ1) is 12.4. The van der Waals surface area contributed by atoms with Gasteiger partial charge in [-0.15, -0.1) is 0 Å². The Labute approximate surface area is 113 Å². The number of hydrogen-bond acceptors (Lipinski definition) is 3. The lowest BCUT2D eigenvalue weighted by molar-refractivity contribution is 0.302. The van der Waals surface area contributed by atoms with E-state index in [1.807, 2.05) is 6.92 Å². The minimum absolute atomic E-state index is 0.136. The number of nitrogens with zero attached hydrogens (tertiary/aromatic N) is 1. The third kappa shape index (κ3) is 2.43. The van der Waals surface area contributed by atoms with Gasteiger partial charge in [0.15, 0.2) is 0 Å². The van der Waals surface area contributed by atoms with Gasteiger partial charge in [-0.3, -0.25) is 0 Å². The molecule has 0 unspecified atom stereocenters. The maximum absolute atomic E-state index is 6.53. The highest BCUT2D eigenvalue weighted by Crippen LogP contribution is 2.35. The van der Waals surface area contributed by atoms with Crippen LogP contribution in [0.1, 0.15) is 43.4 Å². The van der Waals surface area contributed by atoms with Gasteiger partial charge in [-0.1, -0.05) is 31.4 Å². The topological polar surface area (TPSA) is 52.0 Å². The Kier molecular flexibility index (Phi) is 3.15. The molecule has 0 bridgehead atoms. The third-order valence-electron chi connectivity index (χ3n) is 4.07. The number of aromatic nitrogens is 1. The zero-order chi connectivity index (χ0) is 13.3. The summed E-state index contributed by atoms with van der Waals surface area (Å²) in [7, 11) is 0. The first-order valence-electron chi connectivity index (χ1n) is 6.99. The van der Waals surface area contributed by atoms with E-state index in [4.69, 9.17) is 10.2 Å². The zero-order valence-corrected chi connectivity index (χ0v) is 11.4. The normalized spacial score (nSPS) is 18.4. The van der Waals surface area contributed by atoms with Gasteiger partial charge in [0, 0.05) is 11.1 Å². The van der Waals surface area contributed by atoms with Gasteiger partial charge in [0.25, 0.3) is 0 Å². The molecular weight excluding hydrogens is 236 g/mol. The molecule has 0 spiro atoms. The summed E-state index contributed by atoms with van der Waals surface area (Å²) in [6.07, 6.45) is 7.63. The standard InChI is InChI=1S/C16H20N2O/c1-12-11-19-15(18-12)13-5-7-14(8-6-13)16(17)9-3-2-4-10-16/h5-8,11H,2-4,9-10,17H2,1H3. The van der Waals surface area contributed by atoms with Gasteiger partial charge in [-0.25, -0.2) is 4.98 Å². The summed E-state index contributed by atoms with van der Waals surface area (Å²) in [5.74, 6) is 0.679. The molecule has 3 rings (SSSR count). The molecule has 1 aliphatic rings. The Morgan fingerprint density at radius 2 is 1.79 bits per heavy atom. The second-order valence-corrected chi connectivity index (χ2v) is 5.59. The molecule has 1 aromatic heterocycles. The van der Waals surface area contributed by atoms with Gasteiger partial charge >= 0.3 is 0 Å². The molecule has 1 fully saturated rings. The number of nitrogens with two attached hydrogens (primary N) is 1. The molecule has 1 saturated carbocycles. The van der Waals surface area contributed by atoms with Crippen LogP contribution in [0.25, 0.3) is 11.5 Å². The summed E-state index contributed by atoms with van der Waals surface area (Å²) >= 11 is 0. The maximum Gasteiger partial charge on any atom is 0.226 e. The Bertz CT molecular complexity index is 550. The minimum atomic E-state index is -0.136. The molecule has 0 saturated heterocycles. The number of benzene rings is 1. The van der Waals surface area contributed by atoms with Crippen LogP contribution in [-0.2, 0) is 5.54 Å². The fraction of sp³-hybridized carbons (Fsp3) is 0.438. The van der Waals surface area contributed by atoms with Crippen LogP contribution in [0.3, 0.4) is 0 Å².